The van der Waals surface area contributed by atoms with E-state index in [9.17, 15) is 0 Å². The molecule has 1 saturated carbocycles. The van der Waals surface area contributed by atoms with Crippen LogP contribution in [0.25, 0.3) is 0 Å². The summed E-state index contributed by atoms with van der Waals surface area (Å²) in [6, 6.07) is 10.5. The van der Waals surface area contributed by atoms with Gasteiger partial charge in [0.25, 0.3) is 0 Å². The van der Waals surface area contributed by atoms with Gasteiger partial charge in [0.05, 0.1) is 16.6 Å². The predicted octanol–water partition coefficient (Wildman–Crippen LogP) is 5.61. The van der Waals surface area contributed by atoms with Crippen molar-refractivity contribution in [3.05, 3.63) is 51.2 Å². The first kappa shape index (κ1) is 14.8. The fraction of sp³-hybridized carbons (Fsp3) is 0.421. The van der Waals surface area contributed by atoms with Gasteiger partial charge in [-0.25, -0.2) is 5.01 Å². The van der Waals surface area contributed by atoms with Gasteiger partial charge in [-0.05, 0) is 42.5 Å². The second-order valence-corrected chi connectivity index (χ2v) is 8.26. The molecule has 1 aromatic heterocycles. The maximum Gasteiger partial charge on any atom is 0.198 e. The Morgan fingerprint density at radius 2 is 2.08 bits per heavy atom. The Morgan fingerprint density at radius 1 is 1.21 bits per heavy atom. The molecule has 2 aliphatic heterocycles. The summed E-state index contributed by atoms with van der Waals surface area (Å²) < 4.78 is 6.56. The van der Waals surface area contributed by atoms with Crippen molar-refractivity contribution in [1.82, 2.24) is 5.01 Å². The Hall–Kier alpha value is -1.52. The van der Waals surface area contributed by atoms with Crippen LogP contribution >= 0.6 is 22.9 Å². The fourth-order valence-corrected chi connectivity index (χ4v) is 5.18. The fourth-order valence-electron chi connectivity index (χ4n) is 4.28. The van der Waals surface area contributed by atoms with Crippen molar-refractivity contribution in [2.45, 2.75) is 50.3 Å². The standard InChI is InChI=1S/C19H19ClN2OS/c20-13-6-7-17-14(11-13)16-12-15(18-5-4-10-24-18)21-22(16)19(23-17)8-2-1-3-9-19/h4-7,10-11,16H,1-3,8-9,12H2/t16-/m0/s1. The Bertz CT molecular complexity index is 796. The topological polar surface area (TPSA) is 24.8 Å². The van der Waals surface area contributed by atoms with Crippen molar-refractivity contribution in [3.63, 3.8) is 0 Å². The summed E-state index contributed by atoms with van der Waals surface area (Å²) in [7, 11) is 0. The SMILES string of the molecule is Clc1ccc2c(c1)[C@@H]1CC(c3cccs3)=NN1C1(CCCCC1)O2. The van der Waals surface area contributed by atoms with Gasteiger partial charge in [-0.3, -0.25) is 0 Å². The third kappa shape index (κ3) is 2.20. The average Bonchev–Trinajstić information content (AvgIpc) is 3.26. The zero-order valence-electron chi connectivity index (χ0n) is 13.4. The van der Waals surface area contributed by atoms with Crippen LogP contribution in [0, 0.1) is 0 Å². The van der Waals surface area contributed by atoms with Gasteiger partial charge in [0.1, 0.15) is 5.75 Å². The van der Waals surface area contributed by atoms with E-state index in [4.69, 9.17) is 21.4 Å². The van der Waals surface area contributed by atoms with Crippen LogP contribution in [0.2, 0.25) is 5.02 Å². The quantitative estimate of drug-likeness (QED) is 0.662. The van der Waals surface area contributed by atoms with Gasteiger partial charge in [-0.15, -0.1) is 11.3 Å². The molecule has 1 fully saturated rings. The van der Waals surface area contributed by atoms with Crippen molar-refractivity contribution in [2.75, 3.05) is 0 Å². The molecule has 3 nitrogen and oxygen atoms in total. The van der Waals surface area contributed by atoms with Crippen molar-refractivity contribution in [3.8, 4) is 5.75 Å². The molecular formula is C19H19ClN2OS. The molecule has 0 saturated heterocycles. The number of nitrogens with zero attached hydrogens (tertiary/aromatic N) is 2. The molecule has 5 rings (SSSR count). The van der Waals surface area contributed by atoms with Crippen LogP contribution in [0.1, 0.15) is 55.0 Å². The van der Waals surface area contributed by atoms with Gasteiger partial charge in [-0.2, -0.15) is 5.10 Å². The smallest absolute Gasteiger partial charge is 0.198 e. The van der Waals surface area contributed by atoms with E-state index in [2.05, 4.69) is 28.6 Å². The number of fused-ring (bicyclic) bond motifs is 4. The van der Waals surface area contributed by atoms with Crippen molar-refractivity contribution in [1.29, 1.82) is 0 Å². The number of rotatable bonds is 1. The van der Waals surface area contributed by atoms with Gasteiger partial charge in [0.2, 0.25) is 0 Å². The molecule has 1 aliphatic carbocycles. The van der Waals surface area contributed by atoms with Gasteiger partial charge in [-0.1, -0.05) is 24.1 Å². The van der Waals surface area contributed by atoms with E-state index in [1.165, 1.54) is 35.4 Å². The minimum atomic E-state index is -0.275. The van der Waals surface area contributed by atoms with E-state index in [1.54, 1.807) is 11.3 Å². The highest BCUT2D eigenvalue weighted by Gasteiger charge is 2.50. The molecule has 2 aromatic rings. The van der Waals surface area contributed by atoms with Crippen LogP contribution in [0.4, 0.5) is 0 Å². The molecule has 0 bridgehead atoms. The van der Waals surface area contributed by atoms with Crippen molar-refractivity contribution >= 4 is 28.6 Å². The third-order valence-electron chi connectivity index (χ3n) is 5.40. The minimum Gasteiger partial charge on any atom is -0.466 e. The molecule has 1 aromatic carbocycles. The first-order valence-electron chi connectivity index (χ1n) is 8.64. The Morgan fingerprint density at radius 3 is 2.88 bits per heavy atom. The Kier molecular flexibility index (Phi) is 3.39. The zero-order valence-corrected chi connectivity index (χ0v) is 14.9. The summed E-state index contributed by atoms with van der Waals surface area (Å²) in [4.78, 5) is 1.26. The maximum absolute atomic E-state index is 6.56. The second kappa shape index (κ2) is 5.50. The van der Waals surface area contributed by atoms with Crippen LogP contribution < -0.4 is 4.74 Å². The van der Waals surface area contributed by atoms with Crippen LogP contribution in [0.5, 0.6) is 5.75 Å². The highest BCUT2D eigenvalue weighted by molar-refractivity contribution is 7.12. The summed E-state index contributed by atoms with van der Waals surface area (Å²) >= 11 is 8.03. The van der Waals surface area contributed by atoms with Crippen LogP contribution in [-0.2, 0) is 0 Å². The van der Waals surface area contributed by atoms with Crippen LogP contribution in [-0.4, -0.2) is 16.4 Å². The van der Waals surface area contributed by atoms with Gasteiger partial charge < -0.3 is 4.74 Å². The van der Waals surface area contributed by atoms with E-state index in [1.807, 2.05) is 12.1 Å². The lowest BCUT2D eigenvalue weighted by Crippen LogP contribution is -2.54. The largest absolute Gasteiger partial charge is 0.466 e. The molecule has 0 N–H and O–H groups in total. The number of ether oxygens (including phenoxy) is 1. The lowest BCUT2D eigenvalue weighted by atomic mass is 9.87. The lowest BCUT2D eigenvalue weighted by molar-refractivity contribution is -0.140. The van der Waals surface area contributed by atoms with Gasteiger partial charge in [0.15, 0.2) is 5.72 Å². The number of hydrogen-bond acceptors (Lipinski definition) is 4. The normalized spacial score (nSPS) is 24.3. The number of hydrogen-bond donors (Lipinski definition) is 0. The molecule has 3 heterocycles. The molecule has 0 unspecified atom stereocenters. The molecule has 5 heteroatoms. The Labute approximate surface area is 150 Å². The highest BCUT2D eigenvalue weighted by Crippen LogP contribution is 2.51. The van der Waals surface area contributed by atoms with E-state index >= 15 is 0 Å². The molecule has 3 aliphatic rings. The number of hydrazone groups is 1. The predicted molar refractivity (Wildman–Crippen MR) is 97.9 cm³/mol. The molecule has 0 radical (unpaired) electrons. The van der Waals surface area contributed by atoms with Crippen molar-refractivity contribution in [2.24, 2.45) is 5.10 Å². The molecule has 0 amide bonds. The summed E-state index contributed by atoms with van der Waals surface area (Å²) in [6.45, 7) is 0. The number of halogens is 1. The summed E-state index contributed by atoms with van der Waals surface area (Å²) in [5.41, 5.74) is 2.08. The van der Waals surface area contributed by atoms with Crippen LogP contribution in [0.3, 0.4) is 0 Å². The first-order valence-corrected chi connectivity index (χ1v) is 9.90. The molecule has 24 heavy (non-hydrogen) atoms. The van der Waals surface area contributed by atoms with Crippen molar-refractivity contribution < 1.29 is 4.74 Å². The summed E-state index contributed by atoms with van der Waals surface area (Å²) in [5.74, 6) is 0.991. The van der Waals surface area contributed by atoms with Gasteiger partial charge in [0, 0.05) is 29.8 Å². The molecule has 124 valence electrons. The first-order chi connectivity index (χ1) is 11.8. The number of thiophene rings is 1. The van der Waals surface area contributed by atoms with Gasteiger partial charge >= 0.3 is 0 Å². The second-order valence-electron chi connectivity index (χ2n) is 6.88. The third-order valence-corrected chi connectivity index (χ3v) is 6.55. The van der Waals surface area contributed by atoms with E-state index in [-0.39, 0.29) is 11.8 Å². The van der Waals surface area contributed by atoms with E-state index < -0.39 is 0 Å². The molecular weight excluding hydrogens is 340 g/mol. The van der Waals surface area contributed by atoms with Crippen LogP contribution in [0.15, 0.2) is 40.8 Å². The summed E-state index contributed by atoms with van der Waals surface area (Å²) in [5, 5.41) is 10.2. The summed E-state index contributed by atoms with van der Waals surface area (Å²) in [6.07, 6.45) is 6.73. The molecule has 1 atom stereocenters. The Balaban J connectivity index is 1.62. The highest BCUT2D eigenvalue weighted by atomic mass is 35.5. The average molecular weight is 359 g/mol. The van der Waals surface area contributed by atoms with E-state index in [0.717, 1.165) is 30.0 Å². The number of benzene rings is 1. The van der Waals surface area contributed by atoms with E-state index in [0.29, 0.717) is 0 Å². The maximum atomic E-state index is 6.56. The lowest BCUT2D eigenvalue weighted by Gasteiger charge is -2.49. The zero-order chi connectivity index (χ0) is 16.1. The monoisotopic (exact) mass is 358 g/mol. The molecule has 1 spiro atoms. The minimum absolute atomic E-state index is 0.239.